The van der Waals surface area contributed by atoms with Crippen molar-refractivity contribution < 1.29 is 0 Å². The van der Waals surface area contributed by atoms with E-state index in [-0.39, 0.29) is 0 Å². The van der Waals surface area contributed by atoms with E-state index < -0.39 is 0 Å². The molecule has 16 heavy (non-hydrogen) atoms. The lowest BCUT2D eigenvalue weighted by Crippen LogP contribution is -2.39. The van der Waals surface area contributed by atoms with E-state index >= 15 is 0 Å². The van der Waals surface area contributed by atoms with Crippen LogP contribution in [0.3, 0.4) is 0 Å². The number of guanidine groups is 1. The van der Waals surface area contributed by atoms with Crippen molar-refractivity contribution >= 4 is 5.96 Å². The summed E-state index contributed by atoms with van der Waals surface area (Å²) in [6.07, 6.45) is 3.37. The molecule has 0 spiro atoms. The van der Waals surface area contributed by atoms with E-state index in [4.69, 9.17) is 0 Å². The lowest BCUT2D eigenvalue weighted by Gasteiger charge is -2.13. The average Bonchev–Trinajstić information content (AvgIpc) is 2.26. The summed E-state index contributed by atoms with van der Waals surface area (Å²) in [5.41, 5.74) is 0. The van der Waals surface area contributed by atoms with Gasteiger partial charge in [0.25, 0.3) is 0 Å². The van der Waals surface area contributed by atoms with Gasteiger partial charge in [-0.3, -0.25) is 4.99 Å². The Morgan fingerprint density at radius 2 is 1.75 bits per heavy atom. The molecule has 4 heteroatoms. The number of hydrogen-bond acceptors (Lipinski definition) is 2. The van der Waals surface area contributed by atoms with Crippen molar-refractivity contribution in [3.63, 3.8) is 0 Å². The lowest BCUT2D eigenvalue weighted by molar-refractivity contribution is 0.399. The highest BCUT2D eigenvalue weighted by Gasteiger charge is 1.96. The molecule has 0 aliphatic carbocycles. The molecule has 0 aromatic carbocycles. The Morgan fingerprint density at radius 1 is 1.06 bits per heavy atom. The van der Waals surface area contributed by atoms with E-state index in [0.717, 1.165) is 51.4 Å². The van der Waals surface area contributed by atoms with Crippen molar-refractivity contribution in [3.8, 4) is 0 Å². The second-order valence-electron chi connectivity index (χ2n) is 4.24. The van der Waals surface area contributed by atoms with Crippen LogP contribution in [0.1, 0.15) is 33.1 Å². The summed E-state index contributed by atoms with van der Waals surface area (Å²) in [5.74, 6) is 0.961. The van der Waals surface area contributed by atoms with E-state index in [1.165, 1.54) is 0 Å². The van der Waals surface area contributed by atoms with Crippen LogP contribution in [0.5, 0.6) is 0 Å². The lowest BCUT2D eigenvalue weighted by atomic mass is 10.4. The summed E-state index contributed by atoms with van der Waals surface area (Å²) in [6, 6.07) is 0. The van der Waals surface area contributed by atoms with Gasteiger partial charge in [-0.1, -0.05) is 13.8 Å². The Kier molecular flexibility index (Phi) is 10.2. The fourth-order valence-electron chi connectivity index (χ4n) is 1.24. The van der Waals surface area contributed by atoms with Crippen molar-refractivity contribution in [2.24, 2.45) is 4.99 Å². The van der Waals surface area contributed by atoms with Crippen LogP contribution in [0.2, 0.25) is 0 Å². The molecule has 0 saturated carbocycles. The van der Waals surface area contributed by atoms with Crippen LogP contribution in [0.4, 0.5) is 0 Å². The number of nitrogens with one attached hydrogen (secondary N) is 2. The first kappa shape index (κ1) is 15.2. The largest absolute Gasteiger partial charge is 0.356 e. The smallest absolute Gasteiger partial charge is 0.191 e. The molecule has 0 aromatic heterocycles. The third-order valence-electron chi connectivity index (χ3n) is 2.11. The molecular weight excluding hydrogens is 200 g/mol. The Balaban J connectivity index is 3.73. The fourth-order valence-corrected chi connectivity index (χ4v) is 1.24. The minimum atomic E-state index is 0.896. The minimum Gasteiger partial charge on any atom is -0.356 e. The highest BCUT2D eigenvalue weighted by Crippen LogP contribution is 1.83. The molecule has 0 aliphatic rings. The molecule has 0 radical (unpaired) electrons. The first-order chi connectivity index (χ1) is 7.70. The standard InChI is InChI=1S/C12H28N4/c1-5-8-13-12(14-9-6-2)15-10-7-11-16(3)4/h5-11H2,1-4H3,(H2,13,14,15). The molecule has 0 aliphatic heterocycles. The molecule has 0 saturated heterocycles. The summed E-state index contributed by atoms with van der Waals surface area (Å²) in [6.45, 7) is 8.29. The van der Waals surface area contributed by atoms with Gasteiger partial charge >= 0.3 is 0 Å². The van der Waals surface area contributed by atoms with Crippen molar-refractivity contribution in [2.75, 3.05) is 40.3 Å². The van der Waals surface area contributed by atoms with Crippen molar-refractivity contribution in [2.45, 2.75) is 33.1 Å². The van der Waals surface area contributed by atoms with Gasteiger partial charge in [0.05, 0.1) is 0 Å². The van der Waals surface area contributed by atoms with Gasteiger partial charge in [0, 0.05) is 19.6 Å². The molecule has 4 nitrogen and oxygen atoms in total. The van der Waals surface area contributed by atoms with Gasteiger partial charge in [0.2, 0.25) is 0 Å². The van der Waals surface area contributed by atoms with Gasteiger partial charge in [-0.25, -0.2) is 0 Å². The van der Waals surface area contributed by atoms with Crippen LogP contribution in [0.25, 0.3) is 0 Å². The highest BCUT2D eigenvalue weighted by molar-refractivity contribution is 5.79. The van der Waals surface area contributed by atoms with Crippen molar-refractivity contribution in [1.82, 2.24) is 15.5 Å². The maximum absolute atomic E-state index is 4.48. The van der Waals surface area contributed by atoms with E-state index in [9.17, 15) is 0 Å². The van der Waals surface area contributed by atoms with Crippen LogP contribution < -0.4 is 10.6 Å². The monoisotopic (exact) mass is 228 g/mol. The Hall–Kier alpha value is -0.770. The number of aliphatic imine (C=N–C) groups is 1. The highest BCUT2D eigenvalue weighted by atomic mass is 15.2. The van der Waals surface area contributed by atoms with Crippen molar-refractivity contribution in [1.29, 1.82) is 0 Å². The molecule has 0 atom stereocenters. The Labute approximate surface area is 101 Å². The van der Waals surface area contributed by atoms with Gasteiger partial charge < -0.3 is 15.5 Å². The van der Waals surface area contributed by atoms with E-state index in [1.807, 2.05) is 0 Å². The molecule has 0 fully saturated rings. The van der Waals surface area contributed by atoms with Crippen LogP contribution in [-0.4, -0.2) is 51.1 Å². The molecule has 0 aromatic rings. The first-order valence-electron chi connectivity index (χ1n) is 6.37. The number of hydrogen-bond donors (Lipinski definition) is 2. The predicted molar refractivity (Wildman–Crippen MR) is 72.1 cm³/mol. The second kappa shape index (κ2) is 10.7. The summed E-state index contributed by atoms with van der Waals surface area (Å²) in [4.78, 5) is 6.68. The number of nitrogens with zero attached hydrogens (tertiary/aromatic N) is 2. The maximum atomic E-state index is 4.48. The summed E-state index contributed by atoms with van der Waals surface area (Å²) >= 11 is 0. The van der Waals surface area contributed by atoms with E-state index in [2.05, 4.69) is 48.5 Å². The Morgan fingerprint density at radius 3 is 2.31 bits per heavy atom. The zero-order valence-corrected chi connectivity index (χ0v) is 11.3. The normalized spacial score (nSPS) is 11.9. The van der Waals surface area contributed by atoms with Gasteiger partial charge in [0.15, 0.2) is 5.96 Å². The summed E-state index contributed by atoms with van der Waals surface area (Å²) in [5, 5.41) is 6.67. The number of rotatable bonds is 8. The first-order valence-corrected chi connectivity index (χ1v) is 6.37. The molecule has 0 amide bonds. The summed E-state index contributed by atoms with van der Waals surface area (Å²) < 4.78 is 0. The fraction of sp³-hybridized carbons (Fsp3) is 0.917. The molecule has 0 unspecified atom stereocenters. The third kappa shape index (κ3) is 9.77. The van der Waals surface area contributed by atoms with Crippen LogP contribution in [0.15, 0.2) is 4.99 Å². The zero-order chi connectivity index (χ0) is 12.2. The summed E-state index contributed by atoms with van der Waals surface area (Å²) in [7, 11) is 4.20. The molecule has 96 valence electrons. The minimum absolute atomic E-state index is 0.896. The van der Waals surface area contributed by atoms with E-state index in [0.29, 0.717) is 0 Å². The van der Waals surface area contributed by atoms with Gasteiger partial charge in [-0.15, -0.1) is 0 Å². The topological polar surface area (TPSA) is 39.7 Å². The predicted octanol–water partition coefficient (Wildman–Crippen LogP) is 1.29. The van der Waals surface area contributed by atoms with Gasteiger partial charge in [0.1, 0.15) is 0 Å². The SMILES string of the molecule is CCCN=C(NCCC)NCCCN(C)C. The molecule has 2 N–H and O–H groups in total. The van der Waals surface area contributed by atoms with E-state index in [1.54, 1.807) is 0 Å². The molecular formula is C12H28N4. The maximum Gasteiger partial charge on any atom is 0.191 e. The second-order valence-corrected chi connectivity index (χ2v) is 4.24. The molecule has 0 heterocycles. The van der Waals surface area contributed by atoms with Gasteiger partial charge in [-0.2, -0.15) is 0 Å². The Bertz CT molecular complexity index is 178. The van der Waals surface area contributed by atoms with Gasteiger partial charge in [-0.05, 0) is 39.9 Å². The average molecular weight is 228 g/mol. The van der Waals surface area contributed by atoms with Crippen LogP contribution in [0, 0.1) is 0 Å². The molecule has 0 bridgehead atoms. The third-order valence-corrected chi connectivity index (χ3v) is 2.11. The molecule has 0 rings (SSSR count). The quantitative estimate of drug-likeness (QED) is 0.374. The zero-order valence-electron chi connectivity index (χ0n) is 11.3. The van der Waals surface area contributed by atoms with Crippen LogP contribution >= 0.6 is 0 Å². The van der Waals surface area contributed by atoms with Crippen LogP contribution in [-0.2, 0) is 0 Å². The van der Waals surface area contributed by atoms with Crippen molar-refractivity contribution in [3.05, 3.63) is 0 Å².